The standard InChI is InChI=1S/C19H27N3O3/c1-19(2,3)18(25)20-11-10-16(23)21-13-14-6-8-15(9-7-14)22-12-4-5-17(22)24/h6-9H,4-5,10-13H2,1-3H3,(H,20,25)(H,21,23). The quantitative estimate of drug-likeness (QED) is 0.827. The molecule has 2 N–H and O–H groups in total. The van der Waals surface area contributed by atoms with Gasteiger partial charge in [-0.05, 0) is 24.1 Å². The lowest BCUT2D eigenvalue weighted by atomic mass is 9.96. The zero-order chi connectivity index (χ0) is 18.4. The summed E-state index contributed by atoms with van der Waals surface area (Å²) < 4.78 is 0. The summed E-state index contributed by atoms with van der Waals surface area (Å²) in [4.78, 5) is 37.1. The van der Waals surface area contributed by atoms with Crippen molar-refractivity contribution < 1.29 is 14.4 Å². The summed E-state index contributed by atoms with van der Waals surface area (Å²) in [6.45, 7) is 7.04. The van der Waals surface area contributed by atoms with Gasteiger partial charge >= 0.3 is 0 Å². The Labute approximate surface area is 149 Å². The predicted molar refractivity (Wildman–Crippen MR) is 97.0 cm³/mol. The molecule has 1 aliphatic rings. The molecule has 0 bridgehead atoms. The maximum Gasteiger partial charge on any atom is 0.227 e. The Balaban J connectivity index is 1.73. The minimum atomic E-state index is -0.449. The van der Waals surface area contributed by atoms with E-state index in [0.717, 1.165) is 24.2 Å². The average molecular weight is 345 g/mol. The summed E-state index contributed by atoms with van der Waals surface area (Å²) in [7, 11) is 0. The van der Waals surface area contributed by atoms with E-state index in [2.05, 4.69) is 10.6 Å². The summed E-state index contributed by atoms with van der Waals surface area (Å²) in [5, 5.41) is 5.60. The van der Waals surface area contributed by atoms with Gasteiger partial charge in [0.15, 0.2) is 0 Å². The van der Waals surface area contributed by atoms with Crippen molar-refractivity contribution in [2.75, 3.05) is 18.0 Å². The minimum absolute atomic E-state index is 0.0626. The van der Waals surface area contributed by atoms with Crippen LogP contribution in [-0.4, -0.2) is 30.8 Å². The van der Waals surface area contributed by atoms with Gasteiger partial charge in [-0.3, -0.25) is 14.4 Å². The lowest BCUT2D eigenvalue weighted by Gasteiger charge is -2.17. The molecular weight excluding hydrogens is 318 g/mol. The largest absolute Gasteiger partial charge is 0.355 e. The highest BCUT2D eigenvalue weighted by Gasteiger charge is 2.21. The van der Waals surface area contributed by atoms with E-state index in [1.165, 1.54) is 0 Å². The van der Waals surface area contributed by atoms with Gasteiger partial charge in [0.25, 0.3) is 0 Å². The highest BCUT2D eigenvalue weighted by molar-refractivity contribution is 5.95. The van der Waals surface area contributed by atoms with E-state index in [-0.39, 0.29) is 24.1 Å². The van der Waals surface area contributed by atoms with E-state index in [0.29, 0.717) is 19.5 Å². The van der Waals surface area contributed by atoms with Crippen molar-refractivity contribution in [2.45, 2.75) is 46.6 Å². The lowest BCUT2D eigenvalue weighted by Crippen LogP contribution is -2.37. The van der Waals surface area contributed by atoms with Crippen LogP contribution in [0.4, 0.5) is 5.69 Å². The SMILES string of the molecule is CC(C)(C)C(=O)NCCC(=O)NCc1ccc(N2CCCC2=O)cc1. The highest BCUT2D eigenvalue weighted by atomic mass is 16.2. The van der Waals surface area contributed by atoms with E-state index in [4.69, 9.17) is 0 Å². The van der Waals surface area contributed by atoms with E-state index < -0.39 is 5.41 Å². The Hall–Kier alpha value is -2.37. The van der Waals surface area contributed by atoms with Gasteiger partial charge < -0.3 is 15.5 Å². The second kappa shape index (κ2) is 8.14. The van der Waals surface area contributed by atoms with Crippen LogP contribution in [0.2, 0.25) is 0 Å². The fourth-order valence-electron chi connectivity index (χ4n) is 2.56. The molecule has 6 heteroatoms. The molecule has 1 aliphatic heterocycles. The van der Waals surface area contributed by atoms with E-state index in [1.54, 1.807) is 4.90 Å². The van der Waals surface area contributed by atoms with Gasteiger partial charge in [0.05, 0.1) is 0 Å². The summed E-state index contributed by atoms with van der Waals surface area (Å²) in [5.74, 6) is -0.00119. The van der Waals surface area contributed by atoms with Crippen molar-refractivity contribution in [2.24, 2.45) is 5.41 Å². The van der Waals surface area contributed by atoms with Crippen molar-refractivity contribution in [3.63, 3.8) is 0 Å². The van der Waals surface area contributed by atoms with Gasteiger partial charge in [0.1, 0.15) is 0 Å². The molecule has 0 radical (unpaired) electrons. The number of hydrogen-bond donors (Lipinski definition) is 2. The van der Waals surface area contributed by atoms with Crippen molar-refractivity contribution in [1.82, 2.24) is 10.6 Å². The third-order valence-corrected chi connectivity index (χ3v) is 4.13. The first kappa shape index (κ1) is 19.0. The number of rotatable bonds is 6. The van der Waals surface area contributed by atoms with E-state index in [1.807, 2.05) is 45.0 Å². The highest BCUT2D eigenvalue weighted by Crippen LogP contribution is 2.21. The van der Waals surface area contributed by atoms with Gasteiger partial charge in [0.2, 0.25) is 17.7 Å². The first-order chi connectivity index (χ1) is 11.8. The normalized spacial score (nSPS) is 14.5. The molecule has 1 fully saturated rings. The topological polar surface area (TPSA) is 78.5 Å². The van der Waals surface area contributed by atoms with E-state index >= 15 is 0 Å². The number of carbonyl (C=O) groups is 3. The molecule has 136 valence electrons. The zero-order valence-electron chi connectivity index (χ0n) is 15.2. The number of nitrogens with zero attached hydrogens (tertiary/aromatic N) is 1. The van der Waals surface area contributed by atoms with Crippen LogP contribution in [-0.2, 0) is 20.9 Å². The van der Waals surface area contributed by atoms with Crippen molar-refractivity contribution in [1.29, 1.82) is 0 Å². The van der Waals surface area contributed by atoms with Crippen LogP contribution in [0.15, 0.2) is 24.3 Å². The van der Waals surface area contributed by atoms with Gasteiger partial charge in [-0.1, -0.05) is 32.9 Å². The maximum absolute atomic E-state index is 11.9. The first-order valence-electron chi connectivity index (χ1n) is 8.71. The van der Waals surface area contributed by atoms with Crippen molar-refractivity contribution in [3.05, 3.63) is 29.8 Å². The molecule has 1 aromatic carbocycles. The summed E-state index contributed by atoms with van der Waals surface area (Å²) in [6, 6.07) is 7.66. The summed E-state index contributed by atoms with van der Waals surface area (Å²) in [6.07, 6.45) is 1.77. The first-order valence-corrected chi connectivity index (χ1v) is 8.71. The Morgan fingerprint density at radius 3 is 2.36 bits per heavy atom. The number of amides is 3. The predicted octanol–water partition coefficient (Wildman–Crippen LogP) is 1.98. The average Bonchev–Trinajstić information content (AvgIpc) is 2.98. The molecule has 1 heterocycles. The minimum Gasteiger partial charge on any atom is -0.355 e. The molecule has 0 aromatic heterocycles. The van der Waals surface area contributed by atoms with Crippen molar-refractivity contribution >= 4 is 23.4 Å². The fraction of sp³-hybridized carbons (Fsp3) is 0.526. The number of hydrogen-bond acceptors (Lipinski definition) is 3. The van der Waals surface area contributed by atoms with Gasteiger partial charge in [-0.2, -0.15) is 0 Å². The Kier molecular flexibility index (Phi) is 6.17. The van der Waals surface area contributed by atoms with Crippen LogP contribution >= 0.6 is 0 Å². The third kappa shape index (κ3) is 5.59. The smallest absolute Gasteiger partial charge is 0.227 e. The Bertz CT molecular complexity index is 632. The zero-order valence-corrected chi connectivity index (χ0v) is 15.2. The summed E-state index contributed by atoms with van der Waals surface area (Å²) in [5.41, 5.74) is 1.43. The second-order valence-electron chi connectivity index (χ2n) is 7.35. The number of benzene rings is 1. The number of carbonyl (C=O) groups excluding carboxylic acids is 3. The lowest BCUT2D eigenvalue weighted by molar-refractivity contribution is -0.128. The Morgan fingerprint density at radius 1 is 1.12 bits per heavy atom. The summed E-state index contributed by atoms with van der Waals surface area (Å²) >= 11 is 0. The molecule has 6 nitrogen and oxygen atoms in total. The van der Waals surface area contributed by atoms with Gasteiger partial charge in [0, 0.05) is 43.6 Å². The number of nitrogens with one attached hydrogen (secondary N) is 2. The molecule has 1 saturated heterocycles. The molecule has 0 atom stereocenters. The monoisotopic (exact) mass is 345 g/mol. The van der Waals surface area contributed by atoms with Crippen LogP contribution in [0.25, 0.3) is 0 Å². The molecule has 3 amide bonds. The van der Waals surface area contributed by atoms with Crippen LogP contribution in [0.1, 0.15) is 45.6 Å². The molecule has 0 aliphatic carbocycles. The van der Waals surface area contributed by atoms with Crippen LogP contribution in [0.3, 0.4) is 0 Å². The van der Waals surface area contributed by atoms with Gasteiger partial charge in [-0.25, -0.2) is 0 Å². The fourth-order valence-corrected chi connectivity index (χ4v) is 2.56. The van der Waals surface area contributed by atoms with Crippen LogP contribution in [0.5, 0.6) is 0 Å². The van der Waals surface area contributed by atoms with Crippen LogP contribution in [0, 0.1) is 5.41 Å². The molecule has 0 saturated carbocycles. The molecule has 2 rings (SSSR count). The molecule has 0 spiro atoms. The molecule has 25 heavy (non-hydrogen) atoms. The third-order valence-electron chi connectivity index (χ3n) is 4.13. The molecule has 0 unspecified atom stereocenters. The van der Waals surface area contributed by atoms with Crippen LogP contribution < -0.4 is 15.5 Å². The van der Waals surface area contributed by atoms with Gasteiger partial charge in [-0.15, -0.1) is 0 Å². The van der Waals surface area contributed by atoms with E-state index in [9.17, 15) is 14.4 Å². The number of anilines is 1. The second-order valence-corrected chi connectivity index (χ2v) is 7.35. The maximum atomic E-state index is 11.9. The molecular formula is C19H27N3O3. The van der Waals surface area contributed by atoms with Crippen molar-refractivity contribution in [3.8, 4) is 0 Å². The Morgan fingerprint density at radius 2 is 1.80 bits per heavy atom. The molecule has 1 aromatic rings.